The third-order valence-electron chi connectivity index (χ3n) is 7.05. The topological polar surface area (TPSA) is 133 Å². The second kappa shape index (κ2) is 8.67. The van der Waals surface area contributed by atoms with Gasteiger partial charge in [-0.3, -0.25) is 9.98 Å². The van der Waals surface area contributed by atoms with Crippen molar-refractivity contribution in [3.63, 3.8) is 0 Å². The van der Waals surface area contributed by atoms with Crippen LogP contribution >= 0.6 is 11.8 Å². The monoisotopic (exact) mass is 542 g/mol. The third-order valence-corrected chi connectivity index (χ3v) is 8.35. The van der Waals surface area contributed by atoms with E-state index in [4.69, 9.17) is 14.9 Å². The quantitative estimate of drug-likeness (QED) is 0.359. The predicted molar refractivity (Wildman–Crippen MR) is 132 cm³/mol. The van der Waals surface area contributed by atoms with Crippen LogP contribution in [0.25, 0.3) is 11.0 Å². The fourth-order valence-electron chi connectivity index (χ4n) is 5.22. The first kappa shape index (κ1) is 24.6. The van der Waals surface area contributed by atoms with E-state index in [0.717, 1.165) is 0 Å². The van der Waals surface area contributed by atoms with Crippen molar-refractivity contribution in [2.24, 2.45) is 16.6 Å². The number of aromatic nitrogens is 4. The number of halogens is 3. The van der Waals surface area contributed by atoms with Gasteiger partial charge in [0.25, 0.3) is 5.92 Å². The molecular weight excluding hydrogens is 521 g/mol. The zero-order chi connectivity index (χ0) is 26.7. The molecule has 1 aliphatic heterocycles. The molecule has 1 aliphatic carbocycles. The van der Waals surface area contributed by atoms with E-state index in [1.165, 1.54) is 37.9 Å². The number of rotatable bonds is 7. The summed E-state index contributed by atoms with van der Waals surface area (Å²) in [5, 5.41) is 9.68. The van der Waals surface area contributed by atoms with E-state index >= 15 is 4.39 Å². The van der Waals surface area contributed by atoms with Crippen molar-refractivity contribution in [2.45, 2.75) is 36.2 Å². The van der Waals surface area contributed by atoms with Crippen molar-refractivity contribution < 1.29 is 27.4 Å². The van der Waals surface area contributed by atoms with Crippen LogP contribution in [0, 0.1) is 11.7 Å². The zero-order valence-corrected chi connectivity index (χ0v) is 20.8. The lowest BCUT2D eigenvalue weighted by atomic mass is 9.84. The maximum absolute atomic E-state index is 15.1. The van der Waals surface area contributed by atoms with E-state index < -0.39 is 34.6 Å². The van der Waals surface area contributed by atoms with Gasteiger partial charge in [-0.05, 0) is 24.6 Å². The van der Waals surface area contributed by atoms with Gasteiger partial charge in [0.2, 0.25) is 5.88 Å². The van der Waals surface area contributed by atoms with E-state index in [9.17, 15) is 13.9 Å². The van der Waals surface area contributed by atoms with Gasteiger partial charge in [-0.2, -0.15) is 0 Å². The first-order chi connectivity index (χ1) is 18.2. The van der Waals surface area contributed by atoms with Crippen LogP contribution in [0.2, 0.25) is 0 Å². The molecule has 2 aliphatic rings. The van der Waals surface area contributed by atoms with Crippen molar-refractivity contribution in [1.29, 1.82) is 0 Å². The highest BCUT2D eigenvalue weighted by molar-refractivity contribution is 8.15. The molecule has 38 heavy (non-hydrogen) atoms. The summed E-state index contributed by atoms with van der Waals surface area (Å²) in [5.74, 6) is -5.08. The third kappa shape index (κ3) is 3.71. The number of nitrogens with zero attached hydrogens (tertiary/aromatic N) is 5. The molecule has 4 heterocycles. The SMILES string of the molecule is C[C@]1(c2cc(Cc3nccc4nc(OCc5cocn5)cnc34)ccc2F)N=C(N)S[C@]2(CO)[C@H]1C2(F)F. The van der Waals surface area contributed by atoms with Crippen LogP contribution in [0.4, 0.5) is 13.2 Å². The van der Waals surface area contributed by atoms with E-state index in [2.05, 4.69) is 24.9 Å². The fourth-order valence-corrected chi connectivity index (χ4v) is 6.58. The Morgan fingerprint density at radius 2 is 2.05 bits per heavy atom. The van der Waals surface area contributed by atoms with Gasteiger partial charge in [0, 0.05) is 18.2 Å². The van der Waals surface area contributed by atoms with Crippen LogP contribution in [-0.4, -0.2) is 47.5 Å². The molecule has 196 valence electrons. The summed E-state index contributed by atoms with van der Waals surface area (Å²) in [6.07, 6.45) is 6.04. The van der Waals surface area contributed by atoms with E-state index in [1.54, 1.807) is 18.3 Å². The summed E-state index contributed by atoms with van der Waals surface area (Å²) in [5.41, 5.74) is 7.03. The van der Waals surface area contributed by atoms with Gasteiger partial charge in [0.1, 0.15) is 34.6 Å². The molecule has 3 aromatic heterocycles. The molecule has 13 heteroatoms. The van der Waals surface area contributed by atoms with Gasteiger partial charge in [-0.1, -0.05) is 23.9 Å². The number of aliphatic hydroxyl groups is 1. The Kier molecular flexibility index (Phi) is 5.61. The van der Waals surface area contributed by atoms with Crippen LogP contribution in [-0.2, 0) is 18.6 Å². The molecule has 3 N–H and O–H groups in total. The molecule has 0 radical (unpaired) electrons. The van der Waals surface area contributed by atoms with Crippen molar-refractivity contribution in [1.82, 2.24) is 19.9 Å². The molecule has 3 atom stereocenters. The lowest BCUT2D eigenvalue weighted by Gasteiger charge is -2.32. The number of oxazole rings is 1. The van der Waals surface area contributed by atoms with Crippen LogP contribution in [0.3, 0.4) is 0 Å². The Hall–Kier alpha value is -3.71. The van der Waals surface area contributed by atoms with Gasteiger partial charge >= 0.3 is 0 Å². The molecule has 9 nitrogen and oxygen atoms in total. The Bertz CT molecular complexity index is 1570. The van der Waals surface area contributed by atoms with Crippen molar-refractivity contribution in [3.8, 4) is 5.88 Å². The lowest BCUT2D eigenvalue weighted by molar-refractivity contribution is 0.0685. The fraction of sp³-hybridized carbons (Fsp3) is 0.320. The number of alkyl halides is 2. The maximum Gasteiger partial charge on any atom is 0.272 e. The number of benzene rings is 1. The van der Waals surface area contributed by atoms with Crippen LogP contribution < -0.4 is 10.5 Å². The Labute approximate surface area is 218 Å². The standard InChI is InChI=1S/C25H21F3N6O3S/c1-23(21-24(11-35,25(21,27)28)38-22(29)34-23)15-6-13(2-3-16(15)26)7-18-20-17(4-5-30-18)33-19(8-31-20)37-10-14-9-36-12-32-14/h2-6,8-9,12,21,35H,7,10-11H2,1H3,(H2,29,34)/t21-,23+,24+/m0/s1. The van der Waals surface area contributed by atoms with Gasteiger partial charge in [-0.25, -0.2) is 28.1 Å². The average Bonchev–Trinajstić information content (AvgIpc) is 3.19. The van der Waals surface area contributed by atoms with Gasteiger partial charge < -0.3 is 20.0 Å². The van der Waals surface area contributed by atoms with E-state index in [-0.39, 0.29) is 29.6 Å². The molecule has 0 spiro atoms. The molecular formula is C25H21F3N6O3S. The number of thioether (sulfide) groups is 1. The minimum atomic E-state index is -3.27. The molecule has 1 saturated carbocycles. The molecule has 1 aromatic carbocycles. The number of nitrogens with two attached hydrogens (primary N) is 1. The average molecular weight is 543 g/mol. The summed E-state index contributed by atoms with van der Waals surface area (Å²) in [6, 6.07) is 5.96. The Morgan fingerprint density at radius 3 is 2.82 bits per heavy atom. The second-order valence-corrected chi connectivity index (χ2v) is 10.7. The molecule has 0 bridgehead atoms. The number of aliphatic hydroxyl groups excluding tert-OH is 1. The zero-order valence-electron chi connectivity index (χ0n) is 19.9. The first-order valence-corrected chi connectivity index (χ1v) is 12.4. The summed E-state index contributed by atoms with van der Waals surface area (Å²) < 4.78 is 53.8. The maximum atomic E-state index is 15.1. The number of amidine groups is 1. The van der Waals surface area contributed by atoms with Crippen molar-refractivity contribution in [3.05, 3.63) is 77.6 Å². The lowest BCUT2D eigenvalue weighted by Crippen LogP contribution is -2.37. The smallest absolute Gasteiger partial charge is 0.272 e. The number of pyridine rings is 1. The van der Waals surface area contributed by atoms with Crippen LogP contribution in [0.15, 0.2) is 58.7 Å². The molecule has 0 unspecified atom stereocenters. The Balaban J connectivity index is 1.31. The van der Waals surface area contributed by atoms with E-state index in [0.29, 0.717) is 39.7 Å². The number of ether oxygens (including phenoxy) is 1. The highest BCUT2D eigenvalue weighted by Crippen LogP contribution is 2.74. The number of hydrogen-bond donors (Lipinski definition) is 2. The minimum absolute atomic E-state index is 0.0203. The highest BCUT2D eigenvalue weighted by atomic mass is 32.2. The van der Waals surface area contributed by atoms with Crippen LogP contribution in [0.1, 0.15) is 29.4 Å². The highest BCUT2D eigenvalue weighted by Gasteiger charge is 2.87. The summed E-state index contributed by atoms with van der Waals surface area (Å²) >= 11 is 0.646. The number of fused-ring (bicyclic) bond motifs is 2. The normalized spacial score (nSPS) is 25.6. The number of hydrogen-bond acceptors (Lipinski definition) is 10. The predicted octanol–water partition coefficient (Wildman–Crippen LogP) is 3.59. The summed E-state index contributed by atoms with van der Waals surface area (Å²) in [4.78, 5) is 21.6. The first-order valence-electron chi connectivity index (χ1n) is 11.6. The Morgan fingerprint density at radius 1 is 1.21 bits per heavy atom. The van der Waals surface area contributed by atoms with Gasteiger partial charge in [0.05, 0.1) is 35.5 Å². The summed E-state index contributed by atoms with van der Waals surface area (Å²) in [6.45, 7) is 0.792. The van der Waals surface area contributed by atoms with Crippen molar-refractivity contribution in [2.75, 3.05) is 6.61 Å². The van der Waals surface area contributed by atoms with Gasteiger partial charge in [0.15, 0.2) is 11.6 Å². The molecule has 4 aromatic rings. The largest absolute Gasteiger partial charge is 0.470 e. The van der Waals surface area contributed by atoms with Gasteiger partial charge in [-0.15, -0.1) is 0 Å². The van der Waals surface area contributed by atoms with Crippen LogP contribution in [0.5, 0.6) is 5.88 Å². The van der Waals surface area contributed by atoms with E-state index in [1.807, 2.05) is 0 Å². The van der Waals surface area contributed by atoms with Crippen molar-refractivity contribution >= 4 is 28.0 Å². The number of aliphatic imine (C=N–C) groups is 1. The second-order valence-electron chi connectivity index (χ2n) is 9.40. The molecule has 6 rings (SSSR count). The minimum Gasteiger partial charge on any atom is -0.470 e. The molecule has 0 saturated heterocycles. The molecule has 0 amide bonds. The summed E-state index contributed by atoms with van der Waals surface area (Å²) in [7, 11) is 0. The molecule has 1 fully saturated rings.